The van der Waals surface area contributed by atoms with Crippen LogP contribution < -0.4 is 0 Å². The van der Waals surface area contributed by atoms with E-state index in [1.54, 1.807) is 6.08 Å². The Morgan fingerprint density at radius 3 is 3.07 bits per heavy atom. The monoisotopic (exact) mass is 194 g/mol. The first-order chi connectivity index (χ1) is 6.88. The zero-order valence-corrected chi connectivity index (χ0v) is 8.11. The fourth-order valence-electron chi connectivity index (χ4n) is 1.61. The summed E-state index contributed by atoms with van der Waals surface area (Å²) in [6.45, 7) is 4.42. The number of hydrogen-bond acceptors (Lipinski definition) is 4. The van der Waals surface area contributed by atoms with Crippen LogP contribution in [0.4, 0.5) is 0 Å². The summed E-state index contributed by atoms with van der Waals surface area (Å²) in [5, 5.41) is 3.84. The number of hydrogen-bond donors (Lipinski definition) is 0. The van der Waals surface area contributed by atoms with E-state index in [0.29, 0.717) is 11.7 Å². The number of nitrogens with zero attached hydrogens (tertiary/aromatic N) is 2. The second-order valence-electron chi connectivity index (χ2n) is 3.45. The second-order valence-corrected chi connectivity index (χ2v) is 3.45. The second kappa shape index (κ2) is 4.37. The standard InChI is InChI=1S/C10H14N2O2/c1-2-10-11-9(12-14-10)7-8-5-3-4-6-13-8/h2,8H,1,3-7H2. The highest BCUT2D eigenvalue weighted by molar-refractivity contribution is 5.32. The molecule has 1 aromatic heterocycles. The van der Waals surface area contributed by atoms with E-state index in [2.05, 4.69) is 16.7 Å². The molecular weight excluding hydrogens is 180 g/mol. The Kier molecular flexibility index (Phi) is 2.93. The third-order valence-corrected chi connectivity index (χ3v) is 2.34. The van der Waals surface area contributed by atoms with Crippen molar-refractivity contribution in [2.24, 2.45) is 0 Å². The van der Waals surface area contributed by atoms with Gasteiger partial charge in [-0.05, 0) is 25.3 Å². The predicted octanol–water partition coefficient (Wildman–Crippen LogP) is 1.82. The van der Waals surface area contributed by atoms with E-state index in [9.17, 15) is 0 Å². The summed E-state index contributed by atoms with van der Waals surface area (Å²) < 4.78 is 10.5. The van der Waals surface area contributed by atoms with Gasteiger partial charge in [0.05, 0.1) is 6.10 Å². The number of aromatic nitrogens is 2. The molecule has 0 aliphatic carbocycles. The lowest BCUT2D eigenvalue weighted by molar-refractivity contribution is 0.0153. The lowest BCUT2D eigenvalue weighted by Crippen LogP contribution is -2.21. The summed E-state index contributed by atoms with van der Waals surface area (Å²) >= 11 is 0. The molecule has 14 heavy (non-hydrogen) atoms. The molecule has 0 amide bonds. The van der Waals surface area contributed by atoms with Gasteiger partial charge >= 0.3 is 0 Å². The molecule has 1 fully saturated rings. The van der Waals surface area contributed by atoms with Crippen LogP contribution in [0.5, 0.6) is 0 Å². The summed E-state index contributed by atoms with van der Waals surface area (Å²) in [6.07, 6.45) is 6.06. The van der Waals surface area contributed by atoms with Crippen molar-refractivity contribution < 1.29 is 9.26 Å². The van der Waals surface area contributed by atoms with E-state index >= 15 is 0 Å². The van der Waals surface area contributed by atoms with Crippen molar-refractivity contribution in [3.63, 3.8) is 0 Å². The van der Waals surface area contributed by atoms with Crippen molar-refractivity contribution in [2.45, 2.75) is 31.8 Å². The van der Waals surface area contributed by atoms with Crippen LogP contribution in [0, 0.1) is 0 Å². The minimum absolute atomic E-state index is 0.263. The van der Waals surface area contributed by atoms with Gasteiger partial charge in [-0.25, -0.2) is 0 Å². The maximum absolute atomic E-state index is 5.58. The maximum Gasteiger partial charge on any atom is 0.250 e. The zero-order chi connectivity index (χ0) is 9.80. The Morgan fingerprint density at radius 2 is 2.43 bits per heavy atom. The molecule has 1 aliphatic heterocycles. The largest absolute Gasteiger partial charge is 0.378 e. The molecule has 1 atom stereocenters. The van der Waals surface area contributed by atoms with Gasteiger partial charge < -0.3 is 9.26 Å². The van der Waals surface area contributed by atoms with Gasteiger partial charge in [0, 0.05) is 13.0 Å². The summed E-state index contributed by atoms with van der Waals surface area (Å²) in [5.74, 6) is 1.20. The molecule has 4 heteroatoms. The lowest BCUT2D eigenvalue weighted by atomic mass is 10.1. The van der Waals surface area contributed by atoms with Crippen LogP contribution in [-0.2, 0) is 11.2 Å². The van der Waals surface area contributed by atoms with Crippen LogP contribution in [0.3, 0.4) is 0 Å². The van der Waals surface area contributed by atoms with Crippen LogP contribution >= 0.6 is 0 Å². The summed E-state index contributed by atoms with van der Waals surface area (Å²) in [6, 6.07) is 0. The highest BCUT2D eigenvalue weighted by atomic mass is 16.5. The molecular formula is C10H14N2O2. The van der Waals surface area contributed by atoms with Gasteiger partial charge in [-0.15, -0.1) is 0 Å². The van der Waals surface area contributed by atoms with Crippen molar-refractivity contribution in [1.82, 2.24) is 10.1 Å². The van der Waals surface area contributed by atoms with Crippen LogP contribution in [-0.4, -0.2) is 22.9 Å². The van der Waals surface area contributed by atoms with E-state index in [4.69, 9.17) is 9.26 Å². The first kappa shape index (κ1) is 9.40. The Morgan fingerprint density at radius 1 is 1.50 bits per heavy atom. The van der Waals surface area contributed by atoms with Crippen LogP contribution in [0.2, 0.25) is 0 Å². The van der Waals surface area contributed by atoms with Crippen LogP contribution in [0.25, 0.3) is 6.08 Å². The number of ether oxygens (including phenoxy) is 1. The molecule has 2 heterocycles. The number of rotatable bonds is 3. The smallest absolute Gasteiger partial charge is 0.250 e. The Balaban J connectivity index is 1.92. The molecule has 0 N–H and O–H groups in total. The van der Waals surface area contributed by atoms with Gasteiger partial charge in [0.15, 0.2) is 5.82 Å². The zero-order valence-electron chi connectivity index (χ0n) is 8.11. The van der Waals surface area contributed by atoms with E-state index in [1.807, 2.05) is 0 Å². The fraction of sp³-hybridized carbons (Fsp3) is 0.600. The van der Waals surface area contributed by atoms with Gasteiger partial charge in [0.2, 0.25) is 5.89 Å². The summed E-state index contributed by atoms with van der Waals surface area (Å²) in [4.78, 5) is 4.15. The van der Waals surface area contributed by atoms with Gasteiger partial charge in [-0.1, -0.05) is 11.7 Å². The van der Waals surface area contributed by atoms with Crippen molar-refractivity contribution in [1.29, 1.82) is 0 Å². The third-order valence-electron chi connectivity index (χ3n) is 2.34. The molecule has 2 rings (SSSR count). The Bertz CT molecular complexity index is 303. The normalized spacial score (nSPS) is 22.1. The van der Waals surface area contributed by atoms with E-state index < -0.39 is 0 Å². The summed E-state index contributed by atoms with van der Waals surface area (Å²) in [5.41, 5.74) is 0. The third kappa shape index (κ3) is 2.20. The average Bonchev–Trinajstić information content (AvgIpc) is 2.67. The molecule has 4 nitrogen and oxygen atoms in total. The first-order valence-electron chi connectivity index (χ1n) is 4.95. The molecule has 76 valence electrons. The van der Waals surface area contributed by atoms with Gasteiger partial charge in [-0.3, -0.25) is 0 Å². The fourth-order valence-corrected chi connectivity index (χ4v) is 1.61. The average molecular weight is 194 g/mol. The van der Waals surface area contributed by atoms with Gasteiger partial charge in [-0.2, -0.15) is 4.98 Å². The van der Waals surface area contributed by atoms with E-state index in [0.717, 1.165) is 19.4 Å². The molecule has 0 bridgehead atoms. The first-order valence-corrected chi connectivity index (χ1v) is 4.95. The molecule has 0 saturated carbocycles. The molecule has 1 aliphatic rings. The molecule has 1 saturated heterocycles. The van der Waals surface area contributed by atoms with Crippen molar-refractivity contribution in [3.8, 4) is 0 Å². The quantitative estimate of drug-likeness (QED) is 0.736. The van der Waals surface area contributed by atoms with Crippen LogP contribution in [0.1, 0.15) is 31.0 Å². The Labute approximate surface area is 83.0 Å². The van der Waals surface area contributed by atoms with E-state index in [-0.39, 0.29) is 6.10 Å². The topological polar surface area (TPSA) is 48.2 Å². The maximum atomic E-state index is 5.58. The SMILES string of the molecule is C=Cc1nc(CC2CCCCO2)no1. The minimum Gasteiger partial charge on any atom is -0.378 e. The van der Waals surface area contributed by atoms with Gasteiger partial charge in [0.1, 0.15) is 0 Å². The minimum atomic E-state index is 0.263. The van der Waals surface area contributed by atoms with Crippen molar-refractivity contribution in [3.05, 3.63) is 18.3 Å². The summed E-state index contributed by atoms with van der Waals surface area (Å²) in [7, 11) is 0. The molecule has 0 spiro atoms. The van der Waals surface area contributed by atoms with Crippen molar-refractivity contribution in [2.75, 3.05) is 6.61 Å². The molecule has 1 unspecified atom stereocenters. The Hall–Kier alpha value is -1.16. The molecule has 0 aromatic carbocycles. The lowest BCUT2D eigenvalue weighted by Gasteiger charge is -2.20. The highest BCUT2D eigenvalue weighted by Gasteiger charge is 2.16. The van der Waals surface area contributed by atoms with Crippen LogP contribution in [0.15, 0.2) is 11.1 Å². The highest BCUT2D eigenvalue weighted by Crippen LogP contribution is 2.15. The van der Waals surface area contributed by atoms with Gasteiger partial charge in [0.25, 0.3) is 0 Å². The van der Waals surface area contributed by atoms with E-state index in [1.165, 1.54) is 12.8 Å². The molecule has 1 aromatic rings. The molecule has 0 radical (unpaired) electrons. The predicted molar refractivity (Wildman–Crippen MR) is 51.7 cm³/mol. The van der Waals surface area contributed by atoms with Crippen molar-refractivity contribution >= 4 is 6.08 Å².